The molecule has 0 fully saturated rings. The second-order valence-electron chi connectivity index (χ2n) is 6.90. The molecule has 1 aliphatic rings. The van der Waals surface area contributed by atoms with E-state index in [1.165, 1.54) is 5.57 Å². The summed E-state index contributed by atoms with van der Waals surface area (Å²) in [4.78, 5) is 0. The molecule has 0 bridgehead atoms. The summed E-state index contributed by atoms with van der Waals surface area (Å²) in [5.41, 5.74) is 5.30. The molecular formula is C23H28N2O4. The van der Waals surface area contributed by atoms with Gasteiger partial charge in [0.05, 0.1) is 39.8 Å². The average Bonchev–Trinajstić information content (AvgIpc) is 2.75. The standard InChI is InChI=1S/C23H28N2O4/c1-14-15(2)23(17-9-11-19(27-5)21(13-17)29-7)25(3)24-22(14)16-8-10-18(26-4)20(12-16)28-6/h8-14H,1-7H3. The summed E-state index contributed by atoms with van der Waals surface area (Å²) in [6.45, 7) is 4.31. The number of methoxy groups -OCH3 is 4. The van der Waals surface area contributed by atoms with Crippen LogP contribution >= 0.6 is 0 Å². The molecule has 3 rings (SSSR count). The van der Waals surface area contributed by atoms with Gasteiger partial charge in [0.1, 0.15) is 0 Å². The lowest BCUT2D eigenvalue weighted by Gasteiger charge is -2.31. The van der Waals surface area contributed by atoms with E-state index in [1.807, 2.05) is 48.5 Å². The van der Waals surface area contributed by atoms with Crippen molar-refractivity contribution in [1.82, 2.24) is 5.01 Å². The van der Waals surface area contributed by atoms with E-state index in [-0.39, 0.29) is 5.92 Å². The molecule has 1 atom stereocenters. The Morgan fingerprint density at radius 1 is 0.759 bits per heavy atom. The van der Waals surface area contributed by atoms with Crippen LogP contribution in [0.1, 0.15) is 25.0 Å². The number of nitrogens with zero attached hydrogens (tertiary/aromatic N) is 2. The molecule has 1 aliphatic heterocycles. The topological polar surface area (TPSA) is 52.5 Å². The summed E-state index contributed by atoms with van der Waals surface area (Å²) in [5, 5.41) is 6.81. The second-order valence-corrected chi connectivity index (χ2v) is 6.90. The van der Waals surface area contributed by atoms with Gasteiger partial charge < -0.3 is 18.9 Å². The van der Waals surface area contributed by atoms with Crippen molar-refractivity contribution >= 4 is 11.4 Å². The van der Waals surface area contributed by atoms with Crippen molar-refractivity contribution in [2.24, 2.45) is 11.0 Å². The molecule has 0 spiro atoms. The van der Waals surface area contributed by atoms with Crippen molar-refractivity contribution in [2.75, 3.05) is 35.5 Å². The van der Waals surface area contributed by atoms with Crippen LogP contribution in [0, 0.1) is 5.92 Å². The Balaban J connectivity index is 2.01. The Kier molecular flexibility index (Phi) is 6.01. The Morgan fingerprint density at radius 2 is 1.24 bits per heavy atom. The number of hydrogen-bond acceptors (Lipinski definition) is 6. The zero-order valence-corrected chi connectivity index (χ0v) is 18.1. The molecule has 1 heterocycles. The monoisotopic (exact) mass is 396 g/mol. The largest absolute Gasteiger partial charge is 0.493 e. The molecule has 154 valence electrons. The van der Waals surface area contributed by atoms with Gasteiger partial charge in [-0.15, -0.1) is 0 Å². The molecule has 29 heavy (non-hydrogen) atoms. The van der Waals surface area contributed by atoms with E-state index in [1.54, 1.807) is 28.4 Å². The lowest BCUT2D eigenvalue weighted by atomic mass is 9.88. The smallest absolute Gasteiger partial charge is 0.161 e. The van der Waals surface area contributed by atoms with E-state index in [9.17, 15) is 0 Å². The van der Waals surface area contributed by atoms with Gasteiger partial charge in [0.15, 0.2) is 23.0 Å². The minimum atomic E-state index is 0.132. The molecule has 0 N–H and O–H groups in total. The van der Waals surface area contributed by atoms with Crippen LogP contribution in [0.5, 0.6) is 23.0 Å². The highest BCUT2D eigenvalue weighted by Crippen LogP contribution is 2.38. The highest BCUT2D eigenvalue weighted by atomic mass is 16.5. The summed E-state index contributed by atoms with van der Waals surface area (Å²) >= 11 is 0. The lowest BCUT2D eigenvalue weighted by Crippen LogP contribution is -2.27. The van der Waals surface area contributed by atoms with Gasteiger partial charge in [-0.3, -0.25) is 5.01 Å². The van der Waals surface area contributed by atoms with Crippen LogP contribution in [-0.4, -0.2) is 46.2 Å². The van der Waals surface area contributed by atoms with Crippen LogP contribution in [0.2, 0.25) is 0 Å². The van der Waals surface area contributed by atoms with E-state index in [4.69, 9.17) is 24.0 Å². The van der Waals surface area contributed by atoms with Gasteiger partial charge in [-0.25, -0.2) is 0 Å². The highest BCUT2D eigenvalue weighted by molar-refractivity contribution is 6.06. The fraction of sp³-hybridized carbons (Fsp3) is 0.348. The first-order valence-corrected chi connectivity index (χ1v) is 9.42. The van der Waals surface area contributed by atoms with Crippen molar-refractivity contribution in [3.63, 3.8) is 0 Å². The van der Waals surface area contributed by atoms with Gasteiger partial charge in [0.2, 0.25) is 0 Å². The minimum absolute atomic E-state index is 0.132. The average molecular weight is 396 g/mol. The minimum Gasteiger partial charge on any atom is -0.493 e. The van der Waals surface area contributed by atoms with Gasteiger partial charge in [0, 0.05) is 24.1 Å². The predicted molar refractivity (Wildman–Crippen MR) is 115 cm³/mol. The maximum absolute atomic E-state index is 5.48. The number of allylic oxidation sites excluding steroid dienone is 1. The maximum Gasteiger partial charge on any atom is 0.161 e. The van der Waals surface area contributed by atoms with Gasteiger partial charge >= 0.3 is 0 Å². The number of rotatable bonds is 6. The molecule has 0 saturated carbocycles. The molecule has 0 amide bonds. The van der Waals surface area contributed by atoms with Crippen molar-refractivity contribution in [1.29, 1.82) is 0 Å². The zero-order valence-electron chi connectivity index (χ0n) is 18.1. The van der Waals surface area contributed by atoms with Crippen LogP contribution in [0.25, 0.3) is 5.70 Å². The van der Waals surface area contributed by atoms with E-state index in [2.05, 4.69) is 13.8 Å². The predicted octanol–water partition coefficient (Wildman–Crippen LogP) is 4.44. The molecule has 6 heteroatoms. The summed E-state index contributed by atoms with van der Waals surface area (Å²) in [6.07, 6.45) is 0. The van der Waals surface area contributed by atoms with E-state index in [0.717, 1.165) is 22.5 Å². The SMILES string of the molecule is COc1ccc(C2=NN(C)C(c3ccc(OC)c(OC)c3)=C(C)C2C)cc1OC. The third-order valence-electron chi connectivity index (χ3n) is 5.35. The van der Waals surface area contributed by atoms with Crippen LogP contribution in [0.15, 0.2) is 47.1 Å². The third kappa shape index (κ3) is 3.75. The van der Waals surface area contributed by atoms with Crippen molar-refractivity contribution in [3.05, 3.63) is 53.1 Å². The summed E-state index contributed by atoms with van der Waals surface area (Å²) in [7, 11) is 8.51. The first-order valence-electron chi connectivity index (χ1n) is 9.42. The first kappa shape index (κ1) is 20.6. The Labute approximate surface area is 172 Å². The third-order valence-corrected chi connectivity index (χ3v) is 5.35. The van der Waals surface area contributed by atoms with Gasteiger partial charge in [-0.1, -0.05) is 6.92 Å². The van der Waals surface area contributed by atoms with Crippen molar-refractivity contribution < 1.29 is 18.9 Å². The van der Waals surface area contributed by atoms with Crippen LogP contribution in [-0.2, 0) is 0 Å². The normalized spacial score (nSPS) is 16.4. The molecule has 2 aromatic rings. The molecule has 0 radical (unpaired) electrons. The first-order chi connectivity index (χ1) is 13.9. The summed E-state index contributed by atoms with van der Waals surface area (Å²) in [6, 6.07) is 11.8. The zero-order chi connectivity index (χ0) is 21.1. The Bertz CT molecular complexity index is 965. The van der Waals surface area contributed by atoms with Gasteiger partial charge in [-0.2, -0.15) is 5.10 Å². The summed E-state index contributed by atoms with van der Waals surface area (Å²) in [5.74, 6) is 2.92. The van der Waals surface area contributed by atoms with E-state index in [0.29, 0.717) is 23.0 Å². The van der Waals surface area contributed by atoms with Gasteiger partial charge in [-0.05, 0) is 48.9 Å². The van der Waals surface area contributed by atoms with E-state index < -0.39 is 0 Å². The Morgan fingerprint density at radius 3 is 1.76 bits per heavy atom. The van der Waals surface area contributed by atoms with E-state index >= 15 is 0 Å². The molecule has 0 saturated heterocycles. The second kappa shape index (κ2) is 8.47. The number of hydrogen-bond donors (Lipinski definition) is 0. The number of ether oxygens (including phenoxy) is 4. The fourth-order valence-electron chi connectivity index (χ4n) is 3.66. The molecule has 1 unspecified atom stereocenters. The van der Waals surface area contributed by atoms with Gasteiger partial charge in [0.25, 0.3) is 0 Å². The van der Waals surface area contributed by atoms with Crippen LogP contribution < -0.4 is 18.9 Å². The van der Waals surface area contributed by atoms with Crippen molar-refractivity contribution in [2.45, 2.75) is 13.8 Å². The molecule has 0 aromatic heterocycles. The lowest BCUT2D eigenvalue weighted by molar-refractivity contribution is 0.354. The maximum atomic E-state index is 5.48. The highest BCUT2D eigenvalue weighted by Gasteiger charge is 2.27. The van der Waals surface area contributed by atoms with Crippen molar-refractivity contribution in [3.8, 4) is 23.0 Å². The summed E-state index contributed by atoms with van der Waals surface area (Å²) < 4.78 is 21.7. The molecular weight excluding hydrogens is 368 g/mol. The van der Waals surface area contributed by atoms with Crippen LogP contribution in [0.4, 0.5) is 0 Å². The fourth-order valence-corrected chi connectivity index (χ4v) is 3.66. The number of benzene rings is 2. The van der Waals surface area contributed by atoms with Crippen LogP contribution in [0.3, 0.4) is 0 Å². The molecule has 0 aliphatic carbocycles. The number of hydrazone groups is 1. The molecule has 2 aromatic carbocycles. The molecule has 6 nitrogen and oxygen atoms in total. The Hall–Kier alpha value is -3.15. The quantitative estimate of drug-likeness (QED) is 0.723.